The molecule has 0 aliphatic heterocycles. The highest BCUT2D eigenvalue weighted by Gasteiger charge is 2.25. The zero-order valence-corrected chi connectivity index (χ0v) is 11.8. The molecule has 0 aliphatic rings. The zero-order chi connectivity index (χ0) is 14.7. The molecule has 1 aromatic rings. The SMILES string of the molecule is C#CC(CC)NS(=O)(=O)c1ccccc1S(N)(=O)=O. The third kappa shape index (κ3) is 3.78. The van der Waals surface area contributed by atoms with Crippen molar-refractivity contribution in [1.29, 1.82) is 0 Å². The third-order valence-corrected chi connectivity index (χ3v) is 4.98. The number of hydrogen-bond acceptors (Lipinski definition) is 4. The fraction of sp³-hybridized carbons (Fsp3) is 0.273. The minimum atomic E-state index is -4.14. The summed E-state index contributed by atoms with van der Waals surface area (Å²) in [7, 11) is -8.19. The van der Waals surface area contributed by atoms with Gasteiger partial charge in [-0.05, 0) is 18.6 Å². The standard InChI is InChI=1S/C11H14N2O4S2/c1-3-9(4-2)13-19(16,17)11-8-6-5-7-10(11)18(12,14)15/h1,5-9,13H,4H2,2H3,(H2,12,14,15). The molecule has 8 heteroatoms. The molecule has 19 heavy (non-hydrogen) atoms. The Balaban J connectivity index is 3.36. The van der Waals surface area contributed by atoms with Crippen LogP contribution in [0.3, 0.4) is 0 Å². The highest BCUT2D eigenvalue weighted by Crippen LogP contribution is 2.19. The summed E-state index contributed by atoms with van der Waals surface area (Å²) < 4.78 is 49.2. The molecule has 0 radical (unpaired) electrons. The molecule has 6 nitrogen and oxygen atoms in total. The van der Waals surface area contributed by atoms with Gasteiger partial charge in [0.15, 0.2) is 0 Å². The van der Waals surface area contributed by atoms with Crippen LogP contribution in [0.1, 0.15) is 13.3 Å². The summed E-state index contributed by atoms with van der Waals surface area (Å²) in [5.41, 5.74) is 0. The number of sulfonamides is 2. The van der Waals surface area contributed by atoms with E-state index in [1.807, 2.05) is 0 Å². The fourth-order valence-corrected chi connectivity index (χ4v) is 4.01. The van der Waals surface area contributed by atoms with Crippen molar-refractivity contribution in [2.75, 3.05) is 0 Å². The van der Waals surface area contributed by atoms with E-state index in [2.05, 4.69) is 10.6 Å². The largest absolute Gasteiger partial charge is 0.243 e. The van der Waals surface area contributed by atoms with Crippen LogP contribution >= 0.6 is 0 Å². The molecular weight excluding hydrogens is 288 g/mol. The first-order chi connectivity index (χ1) is 8.72. The van der Waals surface area contributed by atoms with E-state index in [0.717, 1.165) is 12.1 Å². The lowest BCUT2D eigenvalue weighted by Gasteiger charge is -2.13. The van der Waals surface area contributed by atoms with Crippen molar-refractivity contribution < 1.29 is 16.8 Å². The normalized spacial score (nSPS) is 13.7. The van der Waals surface area contributed by atoms with Gasteiger partial charge in [-0.2, -0.15) is 4.72 Å². The lowest BCUT2D eigenvalue weighted by atomic mass is 10.3. The number of primary sulfonamides is 1. The predicted octanol–water partition coefficient (Wildman–Crippen LogP) is 0.0241. The van der Waals surface area contributed by atoms with Crippen LogP contribution in [0.5, 0.6) is 0 Å². The first-order valence-corrected chi connectivity index (χ1v) is 8.35. The van der Waals surface area contributed by atoms with Crippen LogP contribution in [-0.4, -0.2) is 22.9 Å². The van der Waals surface area contributed by atoms with Crippen molar-refractivity contribution in [2.45, 2.75) is 29.2 Å². The summed E-state index contributed by atoms with van der Waals surface area (Å²) >= 11 is 0. The average molecular weight is 302 g/mol. The van der Waals surface area contributed by atoms with Crippen molar-refractivity contribution in [1.82, 2.24) is 4.72 Å². The van der Waals surface area contributed by atoms with Gasteiger partial charge < -0.3 is 0 Å². The van der Waals surface area contributed by atoms with Crippen molar-refractivity contribution >= 4 is 20.0 Å². The smallest absolute Gasteiger partial charge is 0.225 e. The highest BCUT2D eigenvalue weighted by atomic mass is 32.2. The second-order valence-electron chi connectivity index (χ2n) is 3.74. The summed E-state index contributed by atoms with van der Waals surface area (Å²) in [6, 6.07) is 4.36. The molecule has 0 saturated heterocycles. The van der Waals surface area contributed by atoms with Gasteiger partial charge in [0.1, 0.15) is 9.79 Å². The van der Waals surface area contributed by atoms with E-state index in [0.29, 0.717) is 6.42 Å². The van der Waals surface area contributed by atoms with Crippen molar-refractivity contribution in [3.8, 4) is 12.3 Å². The Morgan fingerprint density at radius 1 is 1.26 bits per heavy atom. The molecule has 1 unspecified atom stereocenters. The molecule has 104 valence electrons. The van der Waals surface area contributed by atoms with Crippen LogP contribution in [0.25, 0.3) is 0 Å². The van der Waals surface area contributed by atoms with Crippen LogP contribution in [0.2, 0.25) is 0 Å². The van der Waals surface area contributed by atoms with Crippen molar-refractivity contribution in [3.63, 3.8) is 0 Å². The first-order valence-electron chi connectivity index (χ1n) is 5.32. The molecule has 0 aliphatic carbocycles. The van der Waals surface area contributed by atoms with E-state index in [1.54, 1.807) is 6.92 Å². The van der Waals surface area contributed by atoms with Crippen LogP contribution in [0, 0.1) is 12.3 Å². The zero-order valence-electron chi connectivity index (χ0n) is 10.2. The van der Waals surface area contributed by atoms with E-state index in [1.165, 1.54) is 12.1 Å². The molecule has 3 N–H and O–H groups in total. The number of benzene rings is 1. The lowest BCUT2D eigenvalue weighted by Crippen LogP contribution is -2.34. The summed E-state index contributed by atoms with van der Waals surface area (Å²) in [6.07, 6.45) is 5.55. The van der Waals surface area contributed by atoms with Gasteiger partial charge >= 0.3 is 0 Å². The van der Waals surface area contributed by atoms with Crippen LogP contribution in [-0.2, 0) is 20.0 Å². The molecule has 1 atom stereocenters. The number of rotatable bonds is 5. The molecule has 0 bridgehead atoms. The summed E-state index contributed by atoms with van der Waals surface area (Å²) in [5, 5.41) is 4.99. The van der Waals surface area contributed by atoms with E-state index >= 15 is 0 Å². The Morgan fingerprint density at radius 2 is 1.79 bits per heavy atom. The molecule has 0 spiro atoms. The maximum absolute atomic E-state index is 12.1. The van der Waals surface area contributed by atoms with Crippen LogP contribution < -0.4 is 9.86 Å². The van der Waals surface area contributed by atoms with E-state index < -0.39 is 35.9 Å². The van der Waals surface area contributed by atoms with Gasteiger partial charge in [0.05, 0.1) is 6.04 Å². The molecule has 1 rings (SSSR count). The van der Waals surface area contributed by atoms with Gasteiger partial charge in [-0.25, -0.2) is 22.0 Å². The van der Waals surface area contributed by atoms with Gasteiger partial charge in [-0.3, -0.25) is 0 Å². The molecule has 0 amide bonds. The van der Waals surface area contributed by atoms with Crippen molar-refractivity contribution in [3.05, 3.63) is 24.3 Å². The van der Waals surface area contributed by atoms with Gasteiger partial charge in [0.2, 0.25) is 20.0 Å². The number of nitrogens with one attached hydrogen (secondary N) is 1. The molecule has 0 aromatic heterocycles. The number of hydrogen-bond donors (Lipinski definition) is 2. The third-order valence-electron chi connectivity index (χ3n) is 2.35. The topological polar surface area (TPSA) is 106 Å². The van der Waals surface area contributed by atoms with E-state index in [9.17, 15) is 16.8 Å². The first kappa shape index (κ1) is 15.7. The van der Waals surface area contributed by atoms with Gasteiger partial charge in [0.25, 0.3) is 0 Å². The average Bonchev–Trinajstić information content (AvgIpc) is 2.35. The van der Waals surface area contributed by atoms with Gasteiger partial charge in [-0.1, -0.05) is 25.0 Å². The Hall–Kier alpha value is -1.40. The Labute approximate surface area is 113 Å². The van der Waals surface area contributed by atoms with Crippen LogP contribution in [0.4, 0.5) is 0 Å². The van der Waals surface area contributed by atoms with Crippen molar-refractivity contribution in [2.24, 2.45) is 5.14 Å². The predicted molar refractivity (Wildman–Crippen MR) is 71.0 cm³/mol. The van der Waals surface area contributed by atoms with E-state index in [-0.39, 0.29) is 0 Å². The number of terminal acetylenes is 1. The number of nitrogens with two attached hydrogens (primary N) is 1. The summed E-state index contributed by atoms with van der Waals surface area (Å²) in [6.45, 7) is 1.71. The minimum Gasteiger partial charge on any atom is -0.225 e. The van der Waals surface area contributed by atoms with Crippen LogP contribution in [0.15, 0.2) is 34.1 Å². The maximum atomic E-state index is 12.1. The monoisotopic (exact) mass is 302 g/mol. The Morgan fingerprint density at radius 3 is 2.21 bits per heavy atom. The Bertz CT molecular complexity index is 702. The lowest BCUT2D eigenvalue weighted by molar-refractivity contribution is 0.564. The molecule has 0 saturated carbocycles. The minimum absolute atomic E-state index is 0.382. The fourth-order valence-electron chi connectivity index (χ4n) is 1.39. The van der Waals surface area contributed by atoms with Gasteiger partial charge in [-0.15, -0.1) is 6.42 Å². The van der Waals surface area contributed by atoms with E-state index in [4.69, 9.17) is 11.6 Å². The Kier molecular flexibility index (Phi) is 4.70. The quantitative estimate of drug-likeness (QED) is 0.748. The van der Waals surface area contributed by atoms with Gasteiger partial charge in [0, 0.05) is 0 Å². The molecule has 0 heterocycles. The molecular formula is C11H14N2O4S2. The molecule has 1 aromatic carbocycles. The second kappa shape index (κ2) is 5.71. The summed E-state index contributed by atoms with van der Waals surface area (Å²) in [4.78, 5) is -0.874. The molecule has 0 fully saturated rings. The summed E-state index contributed by atoms with van der Waals surface area (Å²) in [5.74, 6) is 2.26. The highest BCUT2D eigenvalue weighted by molar-refractivity contribution is 7.92. The second-order valence-corrected chi connectivity index (χ2v) is 6.95. The maximum Gasteiger partial charge on any atom is 0.243 e.